The van der Waals surface area contributed by atoms with Crippen LogP contribution in [0.3, 0.4) is 0 Å². The standard InChI is InChI=1S/C34H40N6O4/c1-3-5-21-43-29-15-17-31(33(41)23-29)39-37-27-11-7-25(8-12-27)35-19-20-36-26-9-13-28(14-10-26)38-40-32-18-16-30(24-34(32)42)44-22-6-4-2/h7-18,23-24,35-36,41-42H,3-6,19-22H2,1-2H3. The first kappa shape index (κ1) is 31.8. The predicted molar refractivity (Wildman–Crippen MR) is 175 cm³/mol. The number of aromatic hydroxyl groups is 2. The van der Waals surface area contributed by atoms with E-state index >= 15 is 0 Å². The fourth-order valence-corrected chi connectivity index (χ4v) is 3.95. The maximum Gasteiger partial charge on any atom is 0.146 e. The highest BCUT2D eigenvalue weighted by molar-refractivity contribution is 5.57. The van der Waals surface area contributed by atoms with Gasteiger partial charge in [-0.15, -0.1) is 10.2 Å². The average Bonchev–Trinajstić information content (AvgIpc) is 3.04. The van der Waals surface area contributed by atoms with E-state index < -0.39 is 0 Å². The van der Waals surface area contributed by atoms with Crippen molar-refractivity contribution >= 4 is 34.1 Å². The summed E-state index contributed by atoms with van der Waals surface area (Å²) in [6.07, 6.45) is 4.03. The zero-order valence-corrected chi connectivity index (χ0v) is 25.2. The summed E-state index contributed by atoms with van der Waals surface area (Å²) in [6, 6.07) is 25.2. The van der Waals surface area contributed by atoms with Crippen LogP contribution in [0.15, 0.2) is 105 Å². The molecular formula is C34H40N6O4. The Morgan fingerprint density at radius 2 is 0.955 bits per heavy atom. The van der Waals surface area contributed by atoms with Gasteiger partial charge >= 0.3 is 0 Å². The van der Waals surface area contributed by atoms with E-state index in [0.29, 0.717) is 60.6 Å². The van der Waals surface area contributed by atoms with Crippen LogP contribution >= 0.6 is 0 Å². The Hall–Kier alpha value is -5.12. The normalized spacial score (nSPS) is 11.2. The molecule has 0 aliphatic heterocycles. The van der Waals surface area contributed by atoms with E-state index in [4.69, 9.17) is 9.47 Å². The second-order valence-corrected chi connectivity index (χ2v) is 10.1. The molecule has 4 aromatic carbocycles. The van der Waals surface area contributed by atoms with Crippen LogP contribution in [0.4, 0.5) is 34.1 Å². The van der Waals surface area contributed by atoms with Crippen molar-refractivity contribution in [3.8, 4) is 23.0 Å². The van der Waals surface area contributed by atoms with Gasteiger partial charge in [-0.05, 0) is 85.6 Å². The number of rotatable bonds is 17. The number of ether oxygens (including phenoxy) is 2. The molecule has 0 aliphatic rings. The lowest BCUT2D eigenvalue weighted by Crippen LogP contribution is -2.13. The largest absolute Gasteiger partial charge is 0.505 e. The van der Waals surface area contributed by atoms with E-state index in [0.717, 1.165) is 37.1 Å². The van der Waals surface area contributed by atoms with Gasteiger partial charge < -0.3 is 30.3 Å². The van der Waals surface area contributed by atoms with Crippen LogP contribution in [0.1, 0.15) is 39.5 Å². The Bertz CT molecular complexity index is 1390. The quantitative estimate of drug-likeness (QED) is 0.0708. The molecule has 0 aliphatic carbocycles. The number of hydrogen-bond acceptors (Lipinski definition) is 10. The lowest BCUT2D eigenvalue weighted by atomic mass is 10.2. The predicted octanol–water partition coefficient (Wildman–Crippen LogP) is 9.81. The van der Waals surface area contributed by atoms with Crippen LogP contribution < -0.4 is 20.1 Å². The first-order chi connectivity index (χ1) is 21.5. The molecule has 4 aromatic rings. The minimum Gasteiger partial charge on any atom is -0.505 e. The number of benzene rings is 4. The molecule has 0 saturated carbocycles. The van der Waals surface area contributed by atoms with Crippen LogP contribution in [0.2, 0.25) is 0 Å². The van der Waals surface area contributed by atoms with E-state index in [2.05, 4.69) is 44.9 Å². The number of anilines is 2. The van der Waals surface area contributed by atoms with Gasteiger partial charge in [-0.2, -0.15) is 10.2 Å². The number of phenols is 2. The molecule has 0 amide bonds. The van der Waals surface area contributed by atoms with Gasteiger partial charge in [0.2, 0.25) is 0 Å². The number of nitrogens with one attached hydrogen (secondary N) is 2. The SMILES string of the molecule is CCCCOc1ccc(N=Nc2ccc(NCCNc3ccc(N=Nc4ccc(OCCCC)cc4O)cc3)cc2)c(O)c1. The summed E-state index contributed by atoms with van der Waals surface area (Å²) in [7, 11) is 0. The maximum absolute atomic E-state index is 10.2. The molecule has 10 nitrogen and oxygen atoms in total. The molecule has 0 aromatic heterocycles. The summed E-state index contributed by atoms with van der Waals surface area (Å²) in [6.45, 7) is 6.86. The lowest BCUT2D eigenvalue weighted by Gasteiger charge is -2.09. The molecule has 230 valence electrons. The molecule has 0 atom stereocenters. The van der Waals surface area contributed by atoms with Crippen LogP contribution in [-0.2, 0) is 0 Å². The summed E-state index contributed by atoms with van der Waals surface area (Å²) in [4.78, 5) is 0. The summed E-state index contributed by atoms with van der Waals surface area (Å²) in [5.41, 5.74) is 4.04. The number of unbranched alkanes of at least 4 members (excludes halogenated alkanes) is 2. The lowest BCUT2D eigenvalue weighted by molar-refractivity contribution is 0.307. The maximum atomic E-state index is 10.2. The third-order valence-electron chi connectivity index (χ3n) is 6.49. The first-order valence-electron chi connectivity index (χ1n) is 15.0. The molecular weight excluding hydrogens is 556 g/mol. The minimum absolute atomic E-state index is 0.0300. The third kappa shape index (κ3) is 10.3. The Labute approximate surface area is 258 Å². The number of hydrogen-bond donors (Lipinski definition) is 4. The molecule has 0 saturated heterocycles. The highest BCUT2D eigenvalue weighted by Gasteiger charge is 2.05. The summed E-state index contributed by atoms with van der Waals surface area (Å²) in [5.74, 6) is 1.29. The summed E-state index contributed by atoms with van der Waals surface area (Å²) >= 11 is 0. The smallest absolute Gasteiger partial charge is 0.146 e. The van der Waals surface area contributed by atoms with Crippen molar-refractivity contribution in [2.75, 3.05) is 36.9 Å². The second-order valence-electron chi connectivity index (χ2n) is 10.1. The van der Waals surface area contributed by atoms with Crippen molar-refractivity contribution in [1.29, 1.82) is 0 Å². The van der Waals surface area contributed by atoms with Crippen LogP contribution in [0.25, 0.3) is 0 Å². The molecule has 10 heteroatoms. The van der Waals surface area contributed by atoms with Gasteiger partial charge in [0.25, 0.3) is 0 Å². The molecule has 4 N–H and O–H groups in total. The fraction of sp³-hybridized carbons (Fsp3) is 0.294. The van der Waals surface area contributed by atoms with Gasteiger partial charge in [0.1, 0.15) is 34.4 Å². The zero-order chi connectivity index (χ0) is 31.0. The molecule has 0 bridgehead atoms. The average molecular weight is 597 g/mol. The van der Waals surface area contributed by atoms with Gasteiger partial charge in [0.05, 0.1) is 24.6 Å². The molecule has 44 heavy (non-hydrogen) atoms. The number of azo groups is 2. The van der Waals surface area contributed by atoms with Crippen LogP contribution in [0, 0.1) is 0 Å². The van der Waals surface area contributed by atoms with Gasteiger partial charge in [0.15, 0.2) is 0 Å². The van der Waals surface area contributed by atoms with Gasteiger partial charge in [0, 0.05) is 36.6 Å². The topological polar surface area (TPSA) is 132 Å². The summed E-state index contributed by atoms with van der Waals surface area (Å²) < 4.78 is 11.2. The monoisotopic (exact) mass is 596 g/mol. The Balaban J connectivity index is 1.18. The Kier molecular flexibility index (Phi) is 12.4. The number of nitrogens with zero attached hydrogens (tertiary/aromatic N) is 4. The molecule has 0 radical (unpaired) electrons. The van der Waals surface area contributed by atoms with E-state index in [1.807, 2.05) is 48.5 Å². The van der Waals surface area contributed by atoms with Gasteiger partial charge in [-0.25, -0.2) is 0 Å². The summed E-state index contributed by atoms with van der Waals surface area (Å²) in [5, 5.41) is 44.0. The van der Waals surface area contributed by atoms with Crippen molar-refractivity contribution in [3.05, 3.63) is 84.9 Å². The first-order valence-corrected chi connectivity index (χ1v) is 15.0. The van der Waals surface area contributed by atoms with Crippen molar-refractivity contribution in [1.82, 2.24) is 0 Å². The Morgan fingerprint density at radius 3 is 1.32 bits per heavy atom. The van der Waals surface area contributed by atoms with E-state index in [1.165, 1.54) is 0 Å². The van der Waals surface area contributed by atoms with Crippen molar-refractivity contribution in [2.24, 2.45) is 20.5 Å². The minimum atomic E-state index is 0.0300. The second kappa shape index (κ2) is 17.1. The van der Waals surface area contributed by atoms with E-state index in [-0.39, 0.29) is 11.5 Å². The molecule has 0 heterocycles. The third-order valence-corrected chi connectivity index (χ3v) is 6.49. The van der Waals surface area contributed by atoms with Gasteiger partial charge in [-0.3, -0.25) is 0 Å². The molecule has 0 spiro atoms. The van der Waals surface area contributed by atoms with E-state index in [9.17, 15) is 10.2 Å². The highest BCUT2D eigenvalue weighted by atomic mass is 16.5. The van der Waals surface area contributed by atoms with E-state index in [1.54, 1.807) is 36.4 Å². The van der Waals surface area contributed by atoms with Crippen molar-refractivity contribution < 1.29 is 19.7 Å². The Morgan fingerprint density at radius 1 is 0.545 bits per heavy atom. The van der Waals surface area contributed by atoms with Crippen LogP contribution in [-0.4, -0.2) is 36.5 Å². The van der Waals surface area contributed by atoms with Crippen molar-refractivity contribution in [3.63, 3.8) is 0 Å². The number of phenolic OH excluding ortho intramolecular Hbond substituents is 2. The van der Waals surface area contributed by atoms with Crippen LogP contribution in [0.5, 0.6) is 23.0 Å². The molecule has 4 rings (SSSR count). The van der Waals surface area contributed by atoms with Gasteiger partial charge in [-0.1, -0.05) is 26.7 Å². The fourth-order valence-electron chi connectivity index (χ4n) is 3.95. The molecule has 0 unspecified atom stereocenters. The van der Waals surface area contributed by atoms with Crippen molar-refractivity contribution in [2.45, 2.75) is 39.5 Å². The zero-order valence-electron chi connectivity index (χ0n) is 25.2. The molecule has 0 fully saturated rings. The highest BCUT2D eigenvalue weighted by Crippen LogP contribution is 2.33.